The Morgan fingerprint density at radius 3 is 2.55 bits per heavy atom. The molecule has 1 aromatic rings. The molecule has 8 nitrogen and oxygen atoms in total. The molecule has 1 atom stereocenters. The minimum absolute atomic E-state index is 0.0221. The fourth-order valence-corrected chi connectivity index (χ4v) is 1.74. The van der Waals surface area contributed by atoms with E-state index < -0.39 is 17.9 Å². The SMILES string of the molecule is Cc1nn(C)cc1NC(=O)NC(=O)CC(C)CC(=O)O. The molecule has 0 aliphatic rings. The molecule has 0 aliphatic heterocycles. The topological polar surface area (TPSA) is 113 Å². The summed E-state index contributed by atoms with van der Waals surface area (Å²) in [7, 11) is 1.72. The van der Waals surface area contributed by atoms with Crippen molar-refractivity contribution < 1.29 is 19.5 Å². The number of carboxylic acid groups (broad SMARTS) is 1. The fourth-order valence-electron chi connectivity index (χ4n) is 1.74. The number of rotatable bonds is 5. The van der Waals surface area contributed by atoms with Gasteiger partial charge in [-0.05, 0) is 12.8 Å². The second-order valence-corrected chi connectivity index (χ2v) is 4.71. The summed E-state index contributed by atoms with van der Waals surface area (Å²) in [5.41, 5.74) is 1.14. The van der Waals surface area contributed by atoms with Crippen molar-refractivity contribution in [1.29, 1.82) is 0 Å². The predicted molar refractivity (Wildman–Crippen MR) is 71.1 cm³/mol. The molecule has 1 unspecified atom stereocenters. The van der Waals surface area contributed by atoms with Gasteiger partial charge in [-0.2, -0.15) is 5.10 Å². The molecule has 0 radical (unpaired) electrons. The number of carboxylic acids is 1. The Morgan fingerprint density at radius 1 is 1.40 bits per heavy atom. The van der Waals surface area contributed by atoms with Crippen molar-refractivity contribution >= 4 is 23.6 Å². The number of hydrogen-bond acceptors (Lipinski definition) is 4. The standard InChI is InChI=1S/C12H18N4O4/c1-7(5-11(18)19)4-10(17)14-12(20)13-9-6-16(3)15-8(9)2/h6-7H,4-5H2,1-3H3,(H,18,19)(H2,13,14,17,20). The minimum atomic E-state index is -0.972. The van der Waals surface area contributed by atoms with Crippen molar-refractivity contribution in [3.8, 4) is 0 Å². The van der Waals surface area contributed by atoms with E-state index in [1.807, 2.05) is 0 Å². The normalized spacial score (nSPS) is 11.8. The first-order valence-electron chi connectivity index (χ1n) is 6.10. The van der Waals surface area contributed by atoms with Crippen LogP contribution in [0.25, 0.3) is 0 Å². The van der Waals surface area contributed by atoms with Crippen molar-refractivity contribution in [3.63, 3.8) is 0 Å². The van der Waals surface area contributed by atoms with E-state index in [2.05, 4.69) is 15.7 Å². The van der Waals surface area contributed by atoms with Gasteiger partial charge in [0.05, 0.1) is 11.4 Å². The molecule has 110 valence electrons. The van der Waals surface area contributed by atoms with Gasteiger partial charge in [0.1, 0.15) is 0 Å². The first kappa shape index (κ1) is 15.7. The smallest absolute Gasteiger partial charge is 0.325 e. The van der Waals surface area contributed by atoms with E-state index in [4.69, 9.17) is 5.11 Å². The summed E-state index contributed by atoms with van der Waals surface area (Å²) < 4.78 is 1.54. The van der Waals surface area contributed by atoms with Crippen LogP contribution in [-0.4, -0.2) is 32.8 Å². The lowest BCUT2D eigenvalue weighted by atomic mass is 10.0. The highest BCUT2D eigenvalue weighted by Gasteiger charge is 2.15. The van der Waals surface area contributed by atoms with E-state index in [-0.39, 0.29) is 18.8 Å². The van der Waals surface area contributed by atoms with E-state index >= 15 is 0 Å². The van der Waals surface area contributed by atoms with Crippen LogP contribution in [0.3, 0.4) is 0 Å². The highest BCUT2D eigenvalue weighted by Crippen LogP contribution is 2.11. The number of aryl methyl sites for hydroxylation is 2. The quantitative estimate of drug-likeness (QED) is 0.741. The summed E-state index contributed by atoms with van der Waals surface area (Å²) in [5.74, 6) is -1.82. The van der Waals surface area contributed by atoms with Gasteiger partial charge in [0.25, 0.3) is 0 Å². The number of carbonyl (C=O) groups excluding carboxylic acids is 2. The largest absolute Gasteiger partial charge is 0.481 e. The number of urea groups is 1. The number of hydrogen-bond donors (Lipinski definition) is 3. The zero-order valence-corrected chi connectivity index (χ0v) is 11.6. The zero-order valence-electron chi connectivity index (χ0n) is 11.6. The molecule has 3 N–H and O–H groups in total. The van der Waals surface area contributed by atoms with Gasteiger partial charge in [0.15, 0.2) is 0 Å². The number of imide groups is 1. The van der Waals surface area contributed by atoms with Gasteiger partial charge in [-0.1, -0.05) is 6.92 Å². The maximum atomic E-state index is 11.6. The Labute approximate surface area is 116 Å². The van der Waals surface area contributed by atoms with Crippen molar-refractivity contribution in [2.75, 3.05) is 5.32 Å². The summed E-state index contributed by atoms with van der Waals surface area (Å²) in [4.78, 5) is 33.6. The van der Waals surface area contributed by atoms with Crippen molar-refractivity contribution in [1.82, 2.24) is 15.1 Å². The Hall–Kier alpha value is -2.38. The fraction of sp³-hybridized carbons (Fsp3) is 0.500. The number of nitrogens with one attached hydrogen (secondary N) is 2. The van der Waals surface area contributed by atoms with Gasteiger partial charge >= 0.3 is 12.0 Å². The maximum Gasteiger partial charge on any atom is 0.325 e. The van der Waals surface area contributed by atoms with Gasteiger partial charge < -0.3 is 10.4 Å². The third kappa shape index (κ3) is 5.09. The second kappa shape index (κ2) is 6.69. The number of aliphatic carboxylic acids is 1. The predicted octanol–water partition coefficient (Wildman–Crippen LogP) is 0.878. The Morgan fingerprint density at radius 2 is 2.05 bits per heavy atom. The molecule has 0 saturated heterocycles. The van der Waals surface area contributed by atoms with Gasteiger partial charge in [0.2, 0.25) is 5.91 Å². The van der Waals surface area contributed by atoms with E-state index in [1.54, 1.807) is 31.8 Å². The molecule has 0 bridgehead atoms. The molecule has 1 heterocycles. The first-order chi connectivity index (χ1) is 9.27. The average molecular weight is 282 g/mol. The second-order valence-electron chi connectivity index (χ2n) is 4.71. The Kier molecular flexibility index (Phi) is 5.24. The van der Waals surface area contributed by atoms with Crippen LogP contribution in [0.15, 0.2) is 6.20 Å². The van der Waals surface area contributed by atoms with Crippen LogP contribution in [0.2, 0.25) is 0 Å². The molecule has 0 aromatic carbocycles. The lowest BCUT2D eigenvalue weighted by molar-refractivity contribution is -0.138. The molecule has 8 heteroatoms. The monoisotopic (exact) mass is 282 g/mol. The van der Waals surface area contributed by atoms with E-state index in [1.165, 1.54) is 0 Å². The molecular formula is C12H18N4O4. The Balaban J connectivity index is 2.44. The van der Waals surface area contributed by atoms with Crippen molar-refractivity contribution in [2.45, 2.75) is 26.7 Å². The number of carbonyl (C=O) groups is 3. The highest BCUT2D eigenvalue weighted by atomic mass is 16.4. The van der Waals surface area contributed by atoms with E-state index in [0.29, 0.717) is 11.4 Å². The van der Waals surface area contributed by atoms with Crippen LogP contribution in [0.4, 0.5) is 10.5 Å². The number of anilines is 1. The number of nitrogens with zero attached hydrogens (tertiary/aromatic N) is 2. The summed E-state index contributed by atoms with van der Waals surface area (Å²) in [5, 5.41) is 17.3. The first-order valence-corrected chi connectivity index (χ1v) is 6.10. The zero-order chi connectivity index (χ0) is 15.3. The molecule has 20 heavy (non-hydrogen) atoms. The Bertz CT molecular complexity index is 524. The summed E-state index contributed by atoms with van der Waals surface area (Å²) in [6, 6.07) is -0.659. The van der Waals surface area contributed by atoms with Gasteiger partial charge in [0, 0.05) is 26.1 Å². The van der Waals surface area contributed by atoms with Crippen molar-refractivity contribution in [3.05, 3.63) is 11.9 Å². The maximum absolute atomic E-state index is 11.6. The summed E-state index contributed by atoms with van der Waals surface area (Å²) >= 11 is 0. The van der Waals surface area contributed by atoms with Crippen LogP contribution in [0.1, 0.15) is 25.5 Å². The number of aromatic nitrogens is 2. The van der Waals surface area contributed by atoms with Crippen LogP contribution in [0, 0.1) is 12.8 Å². The molecule has 0 saturated carbocycles. The van der Waals surface area contributed by atoms with Gasteiger partial charge in [-0.25, -0.2) is 4.79 Å². The lowest BCUT2D eigenvalue weighted by Crippen LogP contribution is -2.35. The van der Waals surface area contributed by atoms with E-state index in [9.17, 15) is 14.4 Å². The molecular weight excluding hydrogens is 264 g/mol. The summed E-state index contributed by atoms with van der Waals surface area (Å²) in [6.45, 7) is 3.36. The van der Waals surface area contributed by atoms with Crippen LogP contribution in [-0.2, 0) is 16.6 Å². The molecule has 3 amide bonds. The van der Waals surface area contributed by atoms with Gasteiger partial charge in [-0.3, -0.25) is 19.6 Å². The van der Waals surface area contributed by atoms with Crippen LogP contribution in [0.5, 0.6) is 0 Å². The van der Waals surface area contributed by atoms with Crippen LogP contribution < -0.4 is 10.6 Å². The molecule has 0 aliphatic carbocycles. The molecule has 0 fully saturated rings. The van der Waals surface area contributed by atoms with Gasteiger partial charge in [-0.15, -0.1) is 0 Å². The van der Waals surface area contributed by atoms with Crippen LogP contribution >= 0.6 is 0 Å². The van der Waals surface area contributed by atoms with E-state index in [0.717, 1.165) is 0 Å². The number of amides is 3. The third-order valence-corrected chi connectivity index (χ3v) is 2.57. The third-order valence-electron chi connectivity index (χ3n) is 2.57. The molecule has 0 spiro atoms. The lowest BCUT2D eigenvalue weighted by Gasteiger charge is -2.09. The summed E-state index contributed by atoms with van der Waals surface area (Å²) in [6.07, 6.45) is 1.48. The molecule has 1 aromatic heterocycles. The van der Waals surface area contributed by atoms with Crippen molar-refractivity contribution in [2.24, 2.45) is 13.0 Å². The average Bonchev–Trinajstić information content (AvgIpc) is 2.54. The molecule has 1 rings (SSSR count). The highest BCUT2D eigenvalue weighted by molar-refractivity contribution is 6.01. The minimum Gasteiger partial charge on any atom is -0.481 e.